The number of benzene rings is 4. The molecule has 0 unspecified atom stereocenters. The van der Waals surface area contributed by atoms with Crippen LogP contribution in [-0.2, 0) is 5.41 Å². The molecule has 3 heteroatoms. The number of aromatic nitrogens is 1. The van der Waals surface area contributed by atoms with Crippen molar-refractivity contribution in [3.63, 3.8) is 0 Å². The van der Waals surface area contributed by atoms with Gasteiger partial charge < -0.3 is 0 Å². The van der Waals surface area contributed by atoms with E-state index in [4.69, 9.17) is 4.98 Å². The van der Waals surface area contributed by atoms with Crippen LogP contribution in [0, 0.1) is 6.92 Å². The Bertz CT molecular complexity index is 2040. The van der Waals surface area contributed by atoms with Gasteiger partial charge in [0.15, 0.2) is 8.07 Å². The molecule has 1 nitrogen and oxygen atoms in total. The minimum absolute atomic E-state index is 0.0212. The van der Waals surface area contributed by atoms with Crippen LogP contribution in [0.3, 0.4) is 0 Å². The van der Waals surface area contributed by atoms with Gasteiger partial charge in [0.25, 0.3) is 0 Å². The molecule has 4 aromatic carbocycles. The van der Waals surface area contributed by atoms with E-state index in [9.17, 15) is 0 Å². The third-order valence-electron chi connectivity index (χ3n) is 11.4. The summed E-state index contributed by atoms with van der Waals surface area (Å²) < 4.78 is 2.98. The van der Waals surface area contributed by atoms with Gasteiger partial charge in [-0.05, 0) is 96.7 Å². The Balaban J connectivity index is 1.53. The fraction of sp³-hybridized carbons (Fsp3) is 0.370. The minimum Gasteiger partial charge on any atom is -0.255 e. The van der Waals surface area contributed by atoms with Crippen molar-refractivity contribution in [3.05, 3.63) is 119 Å². The highest BCUT2D eigenvalue weighted by Crippen LogP contribution is 2.43. The fourth-order valence-electron chi connectivity index (χ4n) is 8.68. The highest BCUT2D eigenvalue weighted by atomic mass is 32.1. The molecule has 6 aromatic rings. The van der Waals surface area contributed by atoms with Crippen LogP contribution in [0.2, 0.25) is 5.54 Å². The number of fused-ring (bicyclic) bond motifs is 2. The molecule has 0 bridgehead atoms. The predicted molar refractivity (Wildman–Crippen MR) is 219 cm³/mol. The van der Waals surface area contributed by atoms with Gasteiger partial charge in [0, 0.05) is 16.3 Å². The smallest absolute Gasteiger partial charge is 0.163 e. The van der Waals surface area contributed by atoms with E-state index in [0.29, 0.717) is 17.4 Å². The van der Waals surface area contributed by atoms with Crippen molar-refractivity contribution in [2.24, 2.45) is 0 Å². The molecule has 0 aliphatic heterocycles. The Kier molecular flexibility index (Phi) is 9.22. The molecule has 0 spiro atoms. The van der Waals surface area contributed by atoms with E-state index >= 15 is 0 Å². The van der Waals surface area contributed by atoms with Gasteiger partial charge in [-0.25, -0.2) is 0 Å². The van der Waals surface area contributed by atoms with Crippen molar-refractivity contribution in [1.82, 2.24) is 4.98 Å². The number of pyridine rings is 1. The van der Waals surface area contributed by atoms with E-state index in [1.165, 1.54) is 80.8 Å². The Morgan fingerprint density at radius 3 is 1.88 bits per heavy atom. The summed E-state index contributed by atoms with van der Waals surface area (Å²) in [5, 5.41) is 7.16. The molecule has 7 rings (SSSR count). The number of thiophene rings is 1. The molecule has 0 saturated heterocycles. The summed E-state index contributed by atoms with van der Waals surface area (Å²) in [5.74, 6) is 1.04. The van der Waals surface area contributed by atoms with E-state index in [1.54, 1.807) is 14.9 Å². The highest BCUT2D eigenvalue weighted by molar-refractivity contribution is 7.37. The minimum atomic E-state index is -2.48. The van der Waals surface area contributed by atoms with Crippen LogP contribution < -0.4 is 14.9 Å². The van der Waals surface area contributed by atoms with Crippen LogP contribution in [0.5, 0.6) is 0 Å². The molecule has 0 N–H and O–H groups in total. The van der Waals surface area contributed by atoms with Gasteiger partial charge in [-0.3, -0.25) is 4.98 Å². The lowest BCUT2D eigenvalue weighted by Crippen LogP contribution is -2.70. The largest absolute Gasteiger partial charge is 0.255 e. The second-order valence-corrected chi connectivity index (χ2v) is 21.8. The first-order valence-electron chi connectivity index (χ1n) is 18.6. The first-order valence-corrected chi connectivity index (χ1v) is 21.5. The number of rotatable bonds is 7. The molecule has 2 heterocycles. The molecule has 252 valence electrons. The first-order chi connectivity index (χ1) is 23.5. The van der Waals surface area contributed by atoms with Crippen molar-refractivity contribution in [2.75, 3.05) is 0 Å². The average Bonchev–Trinajstić information content (AvgIpc) is 3.45. The van der Waals surface area contributed by atoms with Crippen molar-refractivity contribution >= 4 is 55.1 Å². The summed E-state index contributed by atoms with van der Waals surface area (Å²) in [6.07, 6.45) is 8.70. The van der Waals surface area contributed by atoms with Crippen molar-refractivity contribution in [2.45, 2.75) is 110 Å². The maximum Gasteiger partial charge on any atom is 0.163 e. The van der Waals surface area contributed by atoms with Gasteiger partial charge in [0.05, 0.1) is 10.4 Å². The maximum atomic E-state index is 5.19. The summed E-state index contributed by atoms with van der Waals surface area (Å²) in [6, 6.07) is 35.9. The molecule has 1 saturated carbocycles. The predicted octanol–water partition coefficient (Wildman–Crippen LogP) is 11.8. The van der Waals surface area contributed by atoms with E-state index in [0.717, 1.165) is 5.69 Å². The van der Waals surface area contributed by atoms with Gasteiger partial charge in [0.2, 0.25) is 0 Å². The lowest BCUT2D eigenvalue weighted by molar-refractivity contribution is 0.497. The third kappa shape index (κ3) is 6.01. The zero-order valence-electron chi connectivity index (χ0n) is 30.9. The second-order valence-electron chi connectivity index (χ2n) is 16.3. The first kappa shape index (κ1) is 33.9. The van der Waals surface area contributed by atoms with Crippen molar-refractivity contribution in [3.8, 4) is 11.3 Å². The summed E-state index contributed by atoms with van der Waals surface area (Å²) in [7, 11) is -2.48. The number of hydrogen-bond acceptors (Lipinski definition) is 2. The average molecular weight is 680 g/mol. The summed E-state index contributed by atoms with van der Waals surface area (Å²) >= 11 is 2.07. The highest BCUT2D eigenvalue weighted by Gasteiger charge is 2.49. The van der Waals surface area contributed by atoms with E-state index in [-0.39, 0.29) is 5.41 Å². The Labute approximate surface area is 299 Å². The number of nitrogens with zero attached hydrogens (tertiary/aromatic N) is 1. The SMILES string of the molecule is Cc1c([Si](c2ccc(C(C)C)cc2)(c2ccc(C(C)C)cc2)C2CCCCC2)sc2c(-c3cc(C(C)(C)C)c4ccccc4c3)nccc12. The molecule has 1 aliphatic carbocycles. The Morgan fingerprint density at radius 2 is 1.31 bits per heavy atom. The molecular weight excluding hydrogens is 627 g/mol. The number of hydrogen-bond donors (Lipinski definition) is 0. The van der Waals surface area contributed by atoms with Crippen LogP contribution in [0.4, 0.5) is 0 Å². The van der Waals surface area contributed by atoms with Crippen molar-refractivity contribution < 1.29 is 0 Å². The normalized spacial score (nSPS) is 14.8. The molecule has 0 amide bonds. The van der Waals surface area contributed by atoms with Gasteiger partial charge in [-0.1, -0.05) is 153 Å². The topological polar surface area (TPSA) is 12.9 Å². The third-order valence-corrected chi connectivity index (χ3v) is 19.2. The van der Waals surface area contributed by atoms with Crippen molar-refractivity contribution in [1.29, 1.82) is 0 Å². The Hall–Kier alpha value is -3.53. The fourth-order valence-corrected chi connectivity index (χ4v) is 17.5. The van der Waals surface area contributed by atoms with Gasteiger partial charge in [-0.2, -0.15) is 0 Å². The standard InChI is InChI=1S/C46H53NSSi/c1-30(2)33-18-22-38(23-19-33)49(37-15-10-9-11-16-37,39-24-20-34(21-25-39)31(3)4)45-32(5)40-26-27-47-43(44(40)48-45)36-28-35-14-12-13-17-41(35)42(29-36)46(6,7)8/h12-14,17-31,37H,9-11,15-16H2,1-8H3. The molecule has 1 aliphatic rings. The van der Waals surface area contributed by atoms with E-state index in [1.807, 2.05) is 0 Å². The molecule has 1 fully saturated rings. The lowest BCUT2D eigenvalue weighted by atomic mass is 9.82. The second kappa shape index (κ2) is 13.3. The van der Waals surface area contributed by atoms with Gasteiger partial charge in [-0.15, -0.1) is 11.3 Å². The molecule has 2 aromatic heterocycles. The molecule has 0 atom stereocenters. The zero-order valence-corrected chi connectivity index (χ0v) is 32.7. The van der Waals surface area contributed by atoms with Gasteiger partial charge >= 0.3 is 0 Å². The van der Waals surface area contributed by atoms with E-state index < -0.39 is 8.07 Å². The summed E-state index contributed by atoms with van der Waals surface area (Å²) in [4.78, 5) is 5.19. The molecule has 0 radical (unpaired) electrons. The van der Waals surface area contributed by atoms with Crippen LogP contribution in [0.1, 0.15) is 115 Å². The Morgan fingerprint density at radius 1 is 0.714 bits per heavy atom. The monoisotopic (exact) mass is 679 g/mol. The van der Waals surface area contributed by atoms with Crippen LogP contribution in [-0.4, -0.2) is 13.1 Å². The zero-order chi connectivity index (χ0) is 34.5. The lowest BCUT2D eigenvalue weighted by Gasteiger charge is -2.42. The van der Waals surface area contributed by atoms with Crippen LogP contribution in [0.15, 0.2) is 97.2 Å². The van der Waals surface area contributed by atoms with Crippen LogP contribution >= 0.6 is 11.3 Å². The molecular formula is C46H53NSSi. The maximum absolute atomic E-state index is 5.19. The number of aryl methyl sites for hydroxylation is 1. The van der Waals surface area contributed by atoms with Gasteiger partial charge in [0.1, 0.15) is 0 Å². The van der Waals surface area contributed by atoms with Crippen LogP contribution in [0.25, 0.3) is 32.1 Å². The molecule has 49 heavy (non-hydrogen) atoms. The van der Waals surface area contributed by atoms with E-state index in [2.05, 4.69) is 164 Å². The quantitative estimate of drug-likeness (QED) is 0.153. The summed E-state index contributed by atoms with van der Waals surface area (Å²) in [6.45, 7) is 18.7. The summed E-state index contributed by atoms with van der Waals surface area (Å²) in [5.41, 5.74) is 8.75.